The van der Waals surface area contributed by atoms with Crippen LogP contribution in [0.25, 0.3) is 16.6 Å². The van der Waals surface area contributed by atoms with E-state index in [0.717, 1.165) is 38.3 Å². The normalized spacial score (nSPS) is 14.0. The second-order valence-electron chi connectivity index (χ2n) is 10.0. The Morgan fingerprint density at radius 2 is 1.60 bits per heavy atom. The molecule has 1 aliphatic heterocycles. The summed E-state index contributed by atoms with van der Waals surface area (Å²) in [7, 11) is 2.16. The van der Waals surface area contributed by atoms with E-state index in [1.54, 1.807) is 18.3 Å². The second-order valence-corrected chi connectivity index (χ2v) is 10.4. The Morgan fingerprint density at radius 3 is 2.35 bits per heavy atom. The number of nitrogens with zero attached hydrogens (tertiary/aromatic N) is 6. The van der Waals surface area contributed by atoms with Gasteiger partial charge in [0.15, 0.2) is 0 Å². The quantitative estimate of drug-likeness (QED) is 0.301. The van der Waals surface area contributed by atoms with E-state index in [1.807, 2.05) is 42.5 Å². The van der Waals surface area contributed by atoms with Crippen molar-refractivity contribution < 1.29 is 0 Å². The first kappa shape index (κ1) is 26.0. The van der Waals surface area contributed by atoms with Gasteiger partial charge in [0.25, 0.3) is 5.56 Å². The van der Waals surface area contributed by atoms with Crippen LogP contribution in [0.3, 0.4) is 0 Å². The number of anilines is 3. The van der Waals surface area contributed by atoms with Gasteiger partial charge in [0.05, 0.1) is 21.8 Å². The Kier molecular flexibility index (Phi) is 7.44. The number of hydrogen-bond acceptors (Lipinski definition) is 7. The number of benzene rings is 3. The van der Waals surface area contributed by atoms with Crippen molar-refractivity contribution in [1.82, 2.24) is 24.6 Å². The summed E-state index contributed by atoms with van der Waals surface area (Å²) in [5, 5.41) is 8.90. The molecule has 6 rings (SSSR count). The molecule has 1 aliphatic rings. The Balaban J connectivity index is 1.33. The first-order valence-electron chi connectivity index (χ1n) is 13.4. The fraction of sp³-hybridized carbons (Fsp3) is 0.226. The van der Waals surface area contributed by atoms with Crippen LogP contribution >= 0.6 is 11.6 Å². The lowest BCUT2D eigenvalue weighted by Crippen LogP contribution is -2.44. The largest absolute Gasteiger partial charge is 0.369 e. The molecule has 0 amide bonds. The Labute approximate surface area is 237 Å². The molecule has 1 saturated heterocycles. The molecular formula is C31H30ClN7O. The molecule has 5 aromatic rings. The lowest BCUT2D eigenvalue weighted by atomic mass is 10.1. The van der Waals surface area contributed by atoms with Gasteiger partial charge < -0.3 is 15.1 Å². The zero-order valence-corrected chi connectivity index (χ0v) is 23.1. The fourth-order valence-electron chi connectivity index (χ4n) is 4.96. The Morgan fingerprint density at radius 1 is 0.875 bits per heavy atom. The lowest BCUT2D eigenvalue weighted by molar-refractivity contribution is 0.313. The zero-order chi connectivity index (χ0) is 27.5. The maximum atomic E-state index is 13.5. The van der Waals surface area contributed by atoms with Crippen LogP contribution in [0.15, 0.2) is 89.9 Å². The maximum Gasteiger partial charge on any atom is 0.282 e. The van der Waals surface area contributed by atoms with Crippen LogP contribution in [-0.2, 0) is 12.8 Å². The van der Waals surface area contributed by atoms with E-state index in [4.69, 9.17) is 21.7 Å². The van der Waals surface area contributed by atoms with Crippen LogP contribution in [-0.4, -0.2) is 57.9 Å². The Bertz CT molecular complexity index is 1680. The predicted octanol–water partition coefficient (Wildman–Crippen LogP) is 5.11. The van der Waals surface area contributed by atoms with Crippen LogP contribution in [0.2, 0.25) is 5.02 Å². The van der Waals surface area contributed by atoms with Gasteiger partial charge in [-0.2, -0.15) is 9.78 Å². The fourth-order valence-corrected chi connectivity index (χ4v) is 5.17. The summed E-state index contributed by atoms with van der Waals surface area (Å²) in [6, 6.07) is 25.7. The average Bonchev–Trinajstić information content (AvgIpc) is 2.99. The van der Waals surface area contributed by atoms with Gasteiger partial charge in [-0.3, -0.25) is 4.79 Å². The van der Waals surface area contributed by atoms with Gasteiger partial charge in [0, 0.05) is 43.8 Å². The van der Waals surface area contributed by atoms with Crippen molar-refractivity contribution >= 4 is 39.8 Å². The monoisotopic (exact) mass is 551 g/mol. The minimum Gasteiger partial charge on any atom is -0.369 e. The van der Waals surface area contributed by atoms with Crippen LogP contribution in [0.4, 0.5) is 17.3 Å². The molecule has 40 heavy (non-hydrogen) atoms. The highest BCUT2D eigenvalue weighted by atomic mass is 35.5. The van der Waals surface area contributed by atoms with E-state index in [1.165, 1.54) is 15.9 Å². The van der Waals surface area contributed by atoms with Crippen molar-refractivity contribution in [3.63, 3.8) is 0 Å². The summed E-state index contributed by atoms with van der Waals surface area (Å²) in [6.45, 7) is 4.15. The molecule has 0 spiro atoms. The smallest absolute Gasteiger partial charge is 0.282 e. The number of piperazine rings is 1. The van der Waals surface area contributed by atoms with E-state index < -0.39 is 0 Å². The lowest BCUT2D eigenvalue weighted by Gasteiger charge is -2.34. The molecule has 1 fully saturated rings. The SMILES string of the molecule is CN1CCN(c2ccc(Nc3ncc4c(=O)n(-c5ccccc5Cl)nc(CCc5ccccc5)c4n3)cc2)CC1. The standard InChI is InChI=1S/C31H30ClN7O/c1-37-17-19-38(20-18-37)24-14-12-23(13-15-24)34-31-33-21-25-29(35-31)27(16-11-22-7-3-2-4-8-22)36-39(30(25)40)28-10-6-5-9-26(28)32/h2-10,12-15,21H,11,16-20H2,1H3,(H,33,34,35). The second kappa shape index (κ2) is 11.5. The number of rotatable bonds is 7. The third-order valence-electron chi connectivity index (χ3n) is 7.27. The number of halogens is 1. The van der Waals surface area contributed by atoms with Crippen molar-refractivity contribution in [1.29, 1.82) is 0 Å². The zero-order valence-electron chi connectivity index (χ0n) is 22.3. The number of fused-ring (bicyclic) bond motifs is 1. The van der Waals surface area contributed by atoms with Gasteiger partial charge in [-0.15, -0.1) is 0 Å². The highest BCUT2D eigenvalue weighted by Gasteiger charge is 2.17. The van der Waals surface area contributed by atoms with Gasteiger partial charge in [-0.1, -0.05) is 54.1 Å². The third kappa shape index (κ3) is 5.54. The summed E-state index contributed by atoms with van der Waals surface area (Å²) in [5.41, 5.74) is 4.71. The molecule has 3 aromatic carbocycles. The summed E-state index contributed by atoms with van der Waals surface area (Å²) >= 11 is 6.44. The minimum atomic E-state index is -0.311. The molecule has 1 N–H and O–H groups in total. The predicted molar refractivity (Wildman–Crippen MR) is 161 cm³/mol. The van der Waals surface area contributed by atoms with E-state index in [0.29, 0.717) is 39.7 Å². The molecule has 0 bridgehead atoms. The number of nitrogens with one attached hydrogen (secondary N) is 1. The van der Waals surface area contributed by atoms with Gasteiger partial charge >= 0.3 is 0 Å². The van der Waals surface area contributed by atoms with Crippen molar-refractivity contribution in [2.45, 2.75) is 12.8 Å². The van der Waals surface area contributed by atoms with E-state index in [2.05, 4.69) is 51.4 Å². The van der Waals surface area contributed by atoms with E-state index in [-0.39, 0.29) is 5.56 Å². The molecule has 0 atom stereocenters. The molecule has 202 valence electrons. The molecule has 3 heterocycles. The molecule has 0 aliphatic carbocycles. The first-order valence-corrected chi connectivity index (χ1v) is 13.8. The van der Waals surface area contributed by atoms with Gasteiger partial charge in [0.2, 0.25) is 5.95 Å². The van der Waals surface area contributed by atoms with Crippen LogP contribution in [0.1, 0.15) is 11.3 Å². The topological polar surface area (TPSA) is 79.2 Å². The number of aromatic nitrogens is 4. The van der Waals surface area contributed by atoms with E-state index in [9.17, 15) is 4.79 Å². The van der Waals surface area contributed by atoms with Gasteiger partial charge in [-0.25, -0.2) is 9.97 Å². The summed E-state index contributed by atoms with van der Waals surface area (Å²) in [4.78, 5) is 27.5. The van der Waals surface area contributed by atoms with Crippen molar-refractivity contribution in [2.24, 2.45) is 0 Å². The van der Waals surface area contributed by atoms with Gasteiger partial charge in [-0.05, 0) is 61.9 Å². The van der Waals surface area contributed by atoms with Crippen molar-refractivity contribution in [3.05, 3.63) is 112 Å². The first-order chi connectivity index (χ1) is 19.5. The molecule has 8 nitrogen and oxygen atoms in total. The third-order valence-corrected chi connectivity index (χ3v) is 7.59. The molecule has 0 radical (unpaired) electrons. The number of para-hydroxylation sites is 1. The molecule has 2 aromatic heterocycles. The molecule has 0 unspecified atom stereocenters. The molecule has 0 saturated carbocycles. The number of aryl methyl sites for hydroxylation is 2. The maximum absolute atomic E-state index is 13.5. The number of likely N-dealkylation sites (N-methyl/N-ethyl adjacent to an activating group) is 1. The summed E-state index contributed by atoms with van der Waals surface area (Å²) in [6.07, 6.45) is 2.93. The highest BCUT2D eigenvalue weighted by molar-refractivity contribution is 6.32. The summed E-state index contributed by atoms with van der Waals surface area (Å²) < 4.78 is 1.36. The van der Waals surface area contributed by atoms with Crippen LogP contribution in [0.5, 0.6) is 0 Å². The van der Waals surface area contributed by atoms with Gasteiger partial charge in [0.1, 0.15) is 5.52 Å². The average molecular weight is 552 g/mol. The van der Waals surface area contributed by atoms with Crippen molar-refractivity contribution in [3.8, 4) is 5.69 Å². The highest BCUT2D eigenvalue weighted by Crippen LogP contribution is 2.24. The molecular weight excluding hydrogens is 522 g/mol. The Hall–Kier alpha value is -4.27. The van der Waals surface area contributed by atoms with Crippen molar-refractivity contribution in [2.75, 3.05) is 43.4 Å². The van der Waals surface area contributed by atoms with Crippen LogP contribution < -0.4 is 15.8 Å². The minimum absolute atomic E-state index is 0.311. The van der Waals surface area contributed by atoms with Crippen LogP contribution in [0, 0.1) is 0 Å². The molecule has 9 heteroatoms. The van der Waals surface area contributed by atoms with E-state index >= 15 is 0 Å². The summed E-state index contributed by atoms with van der Waals surface area (Å²) in [5.74, 6) is 0.414. The number of hydrogen-bond donors (Lipinski definition) is 1.